The minimum atomic E-state index is 0.185. The van der Waals surface area contributed by atoms with Gasteiger partial charge in [0.1, 0.15) is 0 Å². The minimum absolute atomic E-state index is 0.185. The molecule has 1 aromatic rings. The molecule has 2 rings (SSSR count). The van der Waals surface area contributed by atoms with Crippen molar-refractivity contribution in [1.29, 1.82) is 0 Å². The maximum absolute atomic E-state index is 6.02. The third kappa shape index (κ3) is 4.93. The van der Waals surface area contributed by atoms with E-state index in [2.05, 4.69) is 64.1 Å². The van der Waals surface area contributed by atoms with Crippen LogP contribution in [0.25, 0.3) is 0 Å². The zero-order chi connectivity index (χ0) is 15.5. The Morgan fingerprint density at radius 3 is 2.52 bits per heavy atom. The highest BCUT2D eigenvalue weighted by atomic mass is 79.9. The van der Waals surface area contributed by atoms with Crippen molar-refractivity contribution in [2.75, 3.05) is 39.8 Å². The Hall–Kier alpha value is -0.130. The fourth-order valence-corrected chi connectivity index (χ4v) is 3.23. The molecule has 1 heterocycles. The van der Waals surface area contributed by atoms with Gasteiger partial charge in [0.25, 0.3) is 0 Å². The van der Waals surface area contributed by atoms with E-state index in [0.29, 0.717) is 0 Å². The average molecular weight is 375 g/mol. The van der Waals surface area contributed by atoms with E-state index >= 15 is 0 Å². The van der Waals surface area contributed by atoms with Crippen LogP contribution in [0.3, 0.4) is 0 Å². The van der Waals surface area contributed by atoms with E-state index in [9.17, 15) is 0 Å². The lowest BCUT2D eigenvalue weighted by Crippen LogP contribution is -2.57. The van der Waals surface area contributed by atoms with Crippen molar-refractivity contribution in [1.82, 2.24) is 15.1 Å². The van der Waals surface area contributed by atoms with Crippen LogP contribution in [-0.2, 0) is 6.54 Å². The summed E-state index contributed by atoms with van der Waals surface area (Å²) in [4.78, 5) is 4.98. The van der Waals surface area contributed by atoms with Gasteiger partial charge >= 0.3 is 0 Å². The molecule has 1 saturated heterocycles. The van der Waals surface area contributed by atoms with E-state index in [1.807, 2.05) is 6.07 Å². The second-order valence-electron chi connectivity index (χ2n) is 6.45. The van der Waals surface area contributed by atoms with E-state index in [1.165, 1.54) is 5.56 Å². The molecule has 1 fully saturated rings. The van der Waals surface area contributed by atoms with E-state index in [4.69, 9.17) is 11.6 Å². The number of benzene rings is 1. The Labute approximate surface area is 141 Å². The first-order valence-corrected chi connectivity index (χ1v) is 8.64. The molecule has 0 aromatic heterocycles. The van der Waals surface area contributed by atoms with Crippen LogP contribution in [0.15, 0.2) is 22.7 Å². The summed E-state index contributed by atoms with van der Waals surface area (Å²) in [5, 5.41) is 4.34. The van der Waals surface area contributed by atoms with Gasteiger partial charge in [0.2, 0.25) is 0 Å². The smallest absolute Gasteiger partial charge is 0.0548 e. The normalized spacial score (nSPS) is 18.1. The molecule has 0 amide bonds. The van der Waals surface area contributed by atoms with Crippen LogP contribution >= 0.6 is 27.5 Å². The molecule has 3 nitrogen and oxygen atoms in total. The number of halogens is 2. The third-order valence-electron chi connectivity index (χ3n) is 4.23. The maximum atomic E-state index is 6.02. The van der Waals surface area contributed by atoms with Crippen LogP contribution in [0.1, 0.15) is 19.4 Å². The molecule has 0 spiro atoms. The second kappa shape index (κ2) is 7.42. The van der Waals surface area contributed by atoms with Crippen LogP contribution < -0.4 is 5.32 Å². The highest BCUT2D eigenvalue weighted by molar-refractivity contribution is 9.10. The fourth-order valence-electron chi connectivity index (χ4n) is 2.69. The van der Waals surface area contributed by atoms with Gasteiger partial charge in [-0.05, 0) is 54.5 Å². The van der Waals surface area contributed by atoms with Crippen LogP contribution in [0.4, 0.5) is 0 Å². The number of hydrogen-bond donors (Lipinski definition) is 1. The number of nitrogens with zero attached hydrogens (tertiary/aromatic N) is 2. The molecular formula is C16H25BrClN3. The van der Waals surface area contributed by atoms with E-state index in [-0.39, 0.29) is 5.54 Å². The van der Waals surface area contributed by atoms with Gasteiger partial charge in [0, 0.05) is 49.3 Å². The molecule has 0 radical (unpaired) electrons. The Morgan fingerprint density at radius 2 is 1.90 bits per heavy atom. The summed E-state index contributed by atoms with van der Waals surface area (Å²) in [7, 11) is 2.20. The van der Waals surface area contributed by atoms with Gasteiger partial charge in [-0.15, -0.1) is 0 Å². The van der Waals surface area contributed by atoms with Gasteiger partial charge in [-0.3, -0.25) is 4.90 Å². The van der Waals surface area contributed by atoms with Crippen molar-refractivity contribution in [3.05, 3.63) is 33.3 Å². The van der Waals surface area contributed by atoms with Gasteiger partial charge in [-0.25, -0.2) is 0 Å². The van der Waals surface area contributed by atoms with Crippen molar-refractivity contribution in [2.24, 2.45) is 0 Å². The summed E-state index contributed by atoms with van der Waals surface area (Å²) in [6.45, 7) is 11.1. The molecule has 0 aliphatic carbocycles. The van der Waals surface area contributed by atoms with Gasteiger partial charge in [-0.1, -0.05) is 17.7 Å². The molecular weight excluding hydrogens is 350 g/mol. The summed E-state index contributed by atoms with van der Waals surface area (Å²) in [6, 6.07) is 6.09. The lowest BCUT2D eigenvalue weighted by atomic mass is 10.0. The van der Waals surface area contributed by atoms with Gasteiger partial charge in [0.15, 0.2) is 0 Å². The number of piperazine rings is 1. The monoisotopic (exact) mass is 373 g/mol. The van der Waals surface area contributed by atoms with Crippen LogP contribution in [0, 0.1) is 0 Å². The Kier molecular flexibility index (Phi) is 6.09. The highest BCUT2D eigenvalue weighted by Gasteiger charge is 2.28. The Balaban J connectivity index is 1.82. The summed E-state index contributed by atoms with van der Waals surface area (Å²) >= 11 is 9.50. The fraction of sp³-hybridized carbons (Fsp3) is 0.625. The molecule has 1 aliphatic heterocycles. The van der Waals surface area contributed by atoms with E-state index < -0.39 is 0 Å². The Morgan fingerprint density at radius 1 is 1.24 bits per heavy atom. The molecule has 5 heteroatoms. The van der Waals surface area contributed by atoms with Gasteiger partial charge in [-0.2, -0.15) is 0 Å². The molecule has 0 bridgehead atoms. The predicted octanol–water partition coefficient (Wildman–Crippen LogP) is 3.22. The van der Waals surface area contributed by atoms with Crippen molar-refractivity contribution in [3.8, 4) is 0 Å². The molecule has 0 unspecified atom stereocenters. The molecule has 1 N–H and O–H groups in total. The average Bonchev–Trinajstić information content (AvgIpc) is 2.43. The summed E-state index contributed by atoms with van der Waals surface area (Å²) in [5.41, 5.74) is 1.44. The summed E-state index contributed by atoms with van der Waals surface area (Å²) < 4.78 is 0.960. The number of hydrogen-bond acceptors (Lipinski definition) is 3. The van der Waals surface area contributed by atoms with Crippen LogP contribution in [0.5, 0.6) is 0 Å². The molecule has 0 atom stereocenters. The third-order valence-corrected chi connectivity index (χ3v) is 5.44. The van der Waals surface area contributed by atoms with Crippen molar-refractivity contribution < 1.29 is 0 Å². The Bertz CT molecular complexity index is 471. The van der Waals surface area contributed by atoms with E-state index in [1.54, 1.807) is 0 Å². The first-order chi connectivity index (χ1) is 9.88. The molecule has 0 saturated carbocycles. The quantitative estimate of drug-likeness (QED) is 0.854. The molecule has 1 aromatic carbocycles. The van der Waals surface area contributed by atoms with Crippen molar-refractivity contribution >= 4 is 27.5 Å². The standard InChI is InChI=1S/C16H25BrClN3/c1-16(2,21-8-6-20(3)7-9-21)12-19-11-13-4-5-15(18)14(17)10-13/h4-5,10,19H,6-9,11-12H2,1-3H3. The largest absolute Gasteiger partial charge is 0.311 e. The predicted molar refractivity (Wildman–Crippen MR) is 94.0 cm³/mol. The number of likely N-dealkylation sites (N-methyl/N-ethyl adjacent to an activating group) is 1. The minimum Gasteiger partial charge on any atom is -0.311 e. The summed E-state index contributed by atoms with van der Waals surface area (Å²) in [6.07, 6.45) is 0. The summed E-state index contributed by atoms with van der Waals surface area (Å²) in [5.74, 6) is 0. The van der Waals surface area contributed by atoms with Crippen molar-refractivity contribution in [3.63, 3.8) is 0 Å². The van der Waals surface area contributed by atoms with Crippen molar-refractivity contribution in [2.45, 2.75) is 25.9 Å². The van der Waals surface area contributed by atoms with Crippen LogP contribution in [0.2, 0.25) is 5.02 Å². The molecule has 1 aliphatic rings. The molecule has 21 heavy (non-hydrogen) atoms. The first-order valence-electron chi connectivity index (χ1n) is 7.47. The number of nitrogens with one attached hydrogen (secondary N) is 1. The maximum Gasteiger partial charge on any atom is 0.0548 e. The zero-order valence-corrected chi connectivity index (χ0v) is 15.5. The highest BCUT2D eigenvalue weighted by Crippen LogP contribution is 2.23. The zero-order valence-electron chi connectivity index (χ0n) is 13.1. The van der Waals surface area contributed by atoms with Crippen LogP contribution in [-0.4, -0.2) is 55.1 Å². The second-order valence-corrected chi connectivity index (χ2v) is 7.72. The lowest BCUT2D eigenvalue weighted by molar-refractivity contribution is 0.0618. The topological polar surface area (TPSA) is 18.5 Å². The molecule has 118 valence electrons. The van der Waals surface area contributed by atoms with Gasteiger partial charge < -0.3 is 10.2 Å². The SMILES string of the molecule is CN1CCN(C(C)(C)CNCc2ccc(Cl)c(Br)c2)CC1. The lowest BCUT2D eigenvalue weighted by Gasteiger charge is -2.43. The number of rotatable bonds is 5. The van der Waals surface area contributed by atoms with Gasteiger partial charge in [0.05, 0.1) is 5.02 Å². The van der Waals surface area contributed by atoms with E-state index in [0.717, 1.165) is 48.8 Å². The first kappa shape index (κ1) is 17.2.